The van der Waals surface area contributed by atoms with E-state index in [0.717, 1.165) is 6.42 Å². The molecule has 0 atom stereocenters. The average Bonchev–Trinajstić information content (AvgIpc) is 2.17. The number of allylic oxidation sites excluding steroid dienone is 4. The normalized spacial score (nSPS) is 23.2. The Bertz CT molecular complexity index is 258. The van der Waals surface area contributed by atoms with Crippen LogP contribution in [0.15, 0.2) is 22.8 Å². The molecule has 0 aromatic carbocycles. The summed E-state index contributed by atoms with van der Waals surface area (Å²) >= 11 is 0. The zero-order valence-electron chi connectivity index (χ0n) is 7.40. The Balaban J connectivity index is 2.32. The molecule has 0 aromatic heterocycles. The van der Waals surface area contributed by atoms with E-state index in [0.29, 0.717) is 0 Å². The van der Waals surface area contributed by atoms with Crippen LogP contribution in [0.1, 0.15) is 38.5 Å². The lowest BCUT2D eigenvalue weighted by Gasteiger charge is -2.24. The van der Waals surface area contributed by atoms with Crippen LogP contribution in [-0.2, 0) is 0 Å². The maximum atomic E-state index is 7.29. The molecule has 0 fully saturated rings. The number of hydrogen-bond donors (Lipinski definition) is 1. The van der Waals surface area contributed by atoms with E-state index in [9.17, 15) is 0 Å². The predicted octanol–water partition coefficient (Wildman–Crippen LogP) is 3.23. The van der Waals surface area contributed by atoms with Crippen LogP contribution in [0.4, 0.5) is 0 Å². The molecule has 2 aliphatic rings. The molecule has 0 aromatic rings. The Morgan fingerprint density at radius 3 is 2.83 bits per heavy atom. The summed E-state index contributed by atoms with van der Waals surface area (Å²) in [5.74, 6) is 0. The van der Waals surface area contributed by atoms with Crippen molar-refractivity contribution >= 4 is 6.21 Å². The molecule has 1 heteroatoms. The monoisotopic (exact) mass is 161 g/mol. The van der Waals surface area contributed by atoms with E-state index in [1.807, 2.05) is 0 Å². The highest BCUT2D eigenvalue weighted by molar-refractivity contribution is 5.83. The zero-order valence-corrected chi connectivity index (χ0v) is 7.40. The highest BCUT2D eigenvalue weighted by Gasteiger charge is 2.17. The predicted molar refractivity (Wildman–Crippen MR) is 51.6 cm³/mol. The SMILES string of the molecule is N=CC1=CCCC2=C1CCCC2. The average molecular weight is 161 g/mol. The molecule has 2 aliphatic carbocycles. The van der Waals surface area contributed by atoms with Gasteiger partial charge in [0, 0.05) is 6.21 Å². The van der Waals surface area contributed by atoms with Crippen LogP contribution in [0.25, 0.3) is 0 Å². The second-order valence-corrected chi connectivity index (χ2v) is 3.63. The van der Waals surface area contributed by atoms with Crippen LogP contribution in [-0.4, -0.2) is 6.21 Å². The van der Waals surface area contributed by atoms with Crippen LogP contribution in [0.2, 0.25) is 0 Å². The van der Waals surface area contributed by atoms with Gasteiger partial charge in [-0.05, 0) is 49.7 Å². The molecule has 0 amide bonds. The molecule has 0 saturated carbocycles. The third-order valence-electron chi connectivity index (χ3n) is 2.90. The van der Waals surface area contributed by atoms with Gasteiger partial charge in [-0.25, -0.2) is 0 Å². The van der Waals surface area contributed by atoms with Crippen LogP contribution in [0.3, 0.4) is 0 Å². The molecule has 0 unspecified atom stereocenters. The Kier molecular flexibility index (Phi) is 2.11. The van der Waals surface area contributed by atoms with E-state index < -0.39 is 0 Å². The van der Waals surface area contributed by atoms with E-state index in [2.05, 4.69) is 6.08 Å². The number of nitrogens with one attached hydrogen (secondary N) is 1. The smallest absolute Gasteiger partial charge is 0.0249 e. The van der Waals surface area contributed by atoms with E-state index in [1.54, 1.807) is 5.57 Å². The van der Waals surface area contributed by atoms with Gasteiger partial charge in [0.15, 0.2) is 0 Å². The summed E-state index contributed by atoms with van der Waals surface area (Å²) in [5.41, 5.74) is 4.35. The fourth-order valence-corrected chi connectivity index (χ4v) is 2.26. The zero-order chi connectivity index (χ0) is 8.39. The minimum Gasteiger partial charge on any atom is -0.308 e. The van der Waals surface area contributed by atoms with Gasteiger partial charge in [0.2, 0.25) is 0 Å². The molecule has 1 N–H and O–H groups in total. The molecule has 2 rings (SSSR count). The van der Waals surface area contributed by atoms with Gasteiger partial charge in [0.1, 0.15) is 0 Å². The molecule has 1 nitrogen and oxygen atoms in total. The first-order chi connectivity index (χ1) is 5.92. The van der Waals surface area contributed by atoms with Gasteiger partial charge in [-0.1, -0.05) is 11.6 Å². The summed E-state index contributed by atoms with van der Waals surface area (Å²) in [5, 5.41) is 7.29. The summed E-state index contributed by atoms with van der Waals surface area (Å²) in [6.45, 7) is 0. The summed E-state index contributed by atoms with van der Waals surface area (Å²) in [6.07, 6.45) is 11.4. The third kappa shape index (κ3) is 1.24. The number of rotatable bonds is 1. The minimum absolute atomic E-state index is 1.16. The van der Waals surface area contributed by atoms with Crippen molar-refractivity contribution < 1.29 is 0 Å². The van der Waals surface area contributed by atoms with Gasteiger partial charge in [-0.3, -0.25) is 0 Å². The van der Waals surface area contributed by atoms with Crippen molar-refractivity contribution in [1.82, 2.24) is 0 Å². The number of hydrogen-bond acceptors (Lipinski definition) is 1. The minimum atomic E-state index is 1.16. The van der Waals surface area contributed by atoms with Gasteiger partial charge in [-0.2, -0.15) is 0 Å². The maximum Gasteiger partial charge on any atom is 0.0249 e. The van der Waals surface area contributed by atoms with Crippen LogP contribution in [0, 0.1) is 5.41 Å². The van der Waals surface area contributed by atoms with Crippen LogP contribution < -0.4 is 0 Å². The van der Waals surface area contributed by atoms with Crippen molar-refractivity contribution in [1.29, 1.82) is 5.41 Å². The summed E-state index contributed by atoms with van der Waals surface area (Å²) < 4.78 is 0. The Hall–Kier alpha value is -0.850. The summed E-state index contributed by atoms with van der Waals surface area (Å²) in [7, 11) is 0. The van der Waals surface area contributed by atoms with Crippen molar-refractivity contribution in [2.75, 3.05) is 0 Å². The molecule has 12 heavy (non-hydrogen) atoms. The Morgan fingerprint density at radius 2 is 2.00 bits per heavy atom. The highest BCUT2D eigenvalue weighted by Crippen LogP contribution is 2.34. The van der Waals surface area contributed by atoms with Crippen molar-refractivity contribution in [2.45, 2.75) is 38.5 Å². The van der Waals surface area contributed by atoms with Gasteiger partial charge < -0.3 is 5.41 Å². The van der Waals surface area contributed by atoms with Crippen molar-refractivity contribution in [2.24, 2.45) is 0 Å². The lowest BCUT2D eigenvalue weighted by Crippen LogP contribution is -2.06. The topological polar surface area (TPSA) is 23.9 Å². The Morgan fingerprint density at radius 1 is 1.17 bits per heavy atom. The van der Waals surface area contributed by atoms with Crippen molar-refractivity contribution in [3.05, 3.63) is 22.8 Å². The van der Waals surface area contributed by atoms with E-state index in [1.165, 1.54) is 49.5 Å². The quantitative estimate of drug-likeness (QED) is 0.571. The fraction of sp³-hybridized carbons (Fsp3) is 0.545. The molecular formula is C11H15N. The van der Waals surface area contributed by atoms with E-state index >= 15 is 0 Å². The standard InChI is InChI=1S/C11H15N/c12-8-10-6-3-5-9-4-1-2-7-11(9)10/h6,8,12H,1-5,7H2. The molecule has 0 bridgehead atoms. The first-order valence-electron chi connectivity index (χ1n) is 4.83. The van der Waals surface area contributed by atoms with E-state index in [-0.39, 0.29) is 0 Å². The highest BCUT2D eigenvalue weighted by atomic mass is 14.3. The molecule has 0 spiro atoms. The Labute approximate surface area is 73.7 Å². The third-order valence-corrected chi connectivity index (χ3v) is 2.90. The first kappa shape index (κ1) is 7.78. The molecule has 0 radical (unpaired) electrons. The lowest BCUT2D eigenvalue weighted by molar-refractivity contribution is 0.647. The molecule has 0 aliphatic heterocycles. The van der Waals surface area contributed by atoms with Gasteiger partial charge in [-0.15, -0.1) is 0 Å². The second kappa shape index (κ2) is 3.26. The summed E-state index contributed by atoms with van der Waals surface area (Å²) in [6, 6.07) is 0. The first-order valence-corrected chi connectivity index (χ1v) is 4.83. The summed E-state index contributed by atoms with van der Waals surface area (Å²) in [4.78, 5) is 0. The van der Waals surface area contributed by atoms with Gasteiger partial charge in [0.25, 0.3) is 0 Å². The van der Waals surface area contributed by atoms with E-state index in [4.69, 9.17) is 5.41 Å². The van der Waals surface area contributed by atoms with Gasteiger partial charge in [0.05, 0.1) is 0 Å². The second-order valence-electron chi connectivity index (χ2n) is 3.63. The van der Waals surface area contributed by atoms with Crippen molar-refractivity contribution in [3.8, 4) is 0 Å². The largest absolute Gasteiger partial charge is 0.308 e. The van der Waals surface area contributed by atoms with Crippen LogP contribution >= 0.6 is 0 Å². The van der Waals surface area contributed by atoms with Crippen molar-refractivity contribution in [3.63, 3.8) is 0 Å². The lowest BCUT2D eigenvalue weighted by atomic mass is 9.82. The van der Waals surface area contributed by atoms with Gasteiger partial charge >= 0.3 is 0 Å². The maximum absolute atomic E-state index is 7.29. The molecular weight excluding hydrogens is 146 g/mol. The molecule has 0 saturated heterocycles. The van der Waals surface area contributed by atoms with Crippen LogP contribution in [0.5, 0.6) is 0 Å². The molecule has 64 valence electrons. The molecule has 0 heterocycles. The fourth-order valence-electron chi connectivity index (χ4n) is 2.26.